The van der Waals surface area contributed by atoms with Crippen LogP contribution in [0.4, 0.5) is 8.78 Å². The van der Waals surface area contributed by atoms with Crippen molar-refractivity contribution in [3.05, 3.63) is 71.1 Å². The van der Waals surface area contributed by atoms with E-state index in [1.807, 2.05) is 31.5 Å². The van der Waals surface area contributed by atoms with Crippen LogP contribution in [0.15, 0.2) is 47.1 Å². The third-order valence-electron chi connectivity index (χ3n) is 6.31. The number of aromatic nitrogens is 2. The molecule has 0 unspecified atom stereocenters. The van der Waals surface area contributed by atoms with Crippen molar-refractivity contribution in [3.63, 3.8) is 0 Å². The fourth-order valence-electron chi connectivity index (χ4n) is 4.79. The lowest BCUT2D eigenvalue weighted by Crippen LogP contribution is -2.32. The van der Waals surface area contributed by atoms with E-state index in [-0.39, 0.29) is 11.0 Å². The van der Waals surface area contributed by atoms with Gasteiger partial charge in [-0.15, -0.1) is 0 Å². The first kappa shape index (κ1) is 21.5. The van der Waals surface area contributed by atoms with Crippen molar-refractivity contribution in [2.75, 3.05) is 0 Å². The van der Waals surface area contributed by atoms with Crippen LogP contribution in [0.1, 0.15) is 37.5 Å². The first-order chi connectivity index (χ1) is 15.5. The van der Waals surface area contributed by atoms with E-state index in [0.717, 1.165) is 45.8 Å². The minimum Gasteiger partial charge on any atom is -0.455 e. The van der Waals surface area contributed by atoms with E-state index >= 15 is 0 Å². The minimum atomic E-state index is -0.652. The second-order valence-corrected chi connectivity index (χ2v) is 10.2. The number of nitrogens with zero attached hydrogens (tertiary/aromatic N) is 2. The molecular formula is C28H27F2N2O+. The van der Waals surface area contributed by atoms with Gasteiger partial charge in [0.15, 0.2) is 5.52 Å². The Kier molecular flexibility index (Phi) is 4.78. The van der Waals surface area contributed by atoms with Crippen LogP contribution in [-0.4, -0.2) is 4.98 Å². The van der Waals surface area contributed by atoms with Gasteiger partial charge in [-0.25, -0.2) is 13.3 Å². The lowest BCUT2D eigenvalue weighted by molar-refractivity contribution is -0.662. The van der Waals surface area contributed by atoms with Gasteiger partial charge in [-0.2, -0.15) is 0 Å². The van der Waals surface area contributed by atoms with Crippen LogP contribution in [0.25, 0.3) is 44.1 Å². The van der Waals surface area contributed by atoms with Gasteiger partial charge in [-0.3, -0.25) is 0 Å². The standard InChI is InChI=1S/C28H27F2N2O/c1-15-9-20-25-21(30)11-18(29)12-23(25)33-27(20)24(16(15)2)26-19-8-7-17(13-28(3,4)5)10-22(19)31-14-32(26)6/h7-12,14H,13H2,1-6H3/q+1. The average Bonchev–Trinajstić information content (AvgIpc) is 3.06. The Labute approximate surface area is 191 Å². The highest BCUT2D eigenvalue weighted by Gasteiger charge is 2.25. The summed E-state index contributed by atoms with van der Waals surface area (Å²) in [6.07, 6.45) is 2.75. The van der Waals surface area contributed by atoms with E-state index in [9.17, 15) is 8.78 Å². The predicted molar refractivity (Wildman–Crippen MR) is 128 cm³/mol. The van der Waals surface area contributed by atoms with Crippen molar-refractivity contribution in [2.24, 2.45) is 12.5 Å². The Hall–Kier alpha value is -3.34. The van der Waals surface area contributed by atoms with Gasteiger partial charge in [0.05, 0.1) is 23.4 Å². The van der Waals surface area contributed by atoms with Gasteiger partial charge < -0.3 is 4.42 Å². The van der Waals surface area contributed by atoms with Crippen molar-refractivity contribution in [2.45, 2.75) is 41.0 Å². The molecule has 0 aliphatic carbocycles. The number of hydrogen-bond donors (Lipinski definition) is 0. The van der Waals surface area contributed by atoms with Crippen LogP contribution in [0.2, 0.25) is 0 Å². The van der Waals surface area contributed by atoms with Crippen molar-refractivity contribution in [1.29, 1.82) is 0 Å². The Balaban J connectivity index is 1.87. The van der Waals surface area contributed by atoms with Crippen LogP contribution in [0, 0.1) is 30.9 Å². The third-order valence-corrected chi connectivity index (χ3v) is 6.31. The first-order valence-corrected chi connectivity index (χ1v) is 11.1. The molecule has 168 valence electrons. The molecule has 5 aromatic rings. The third kappa shape index (κ3) is 3.56. The Morgan fingerprint density at radius 3 is 2.48 bits per heavy atom. The molecule has 0 fully saturated rings. The second kappa shape index (κ2) is 7.34. The zero-order chi connectivity index (χ0) is 23.7. The van der Waals surface area contributed by atoms with Gasteiger partial charge in [0.1, 0.15) is 28.5 Å². The zero-order valence-corrected chi connectivity index (χ0v) is 19.8. The molecule has 0 spiro atoms. The molecule has 5 heteroatoms. The van der Waals surface area contributed by atoms with Gasteiger partial charge in [-0.05, 0) is 65.6 Å². The average molecular weight is 446 g/mol. The molecule has 0 bridgehead atoms. The maximum atomic E-state index is 14.8. The summed E-state index contributed by atoms with van der Waals surface area (Å²) in [5.74, 6) is -1.27. The van der Waals surface area contributed by atoms with E-state index in [0.29, 0.717) is 16.4 Å². The highest BCUT2D eigenvalue weighted by atomic mass is 19.1. The summed E-state index contributed by atoms with van der Waals surface area (Å²) in [6, 6.07) is 10.5. The van der Waals surface area contributed by atoms with Gasteiger partial charge in [0.2, 0.25) is 0 Å². The lowest BCUT2D eigenvalue weighted by Gasteiger charge is -2.18. The Morgan fingerprint density at radius 1 is 1.00 bits per heavy atom. The quantitative estimate of drug-likeness (QED) is 0.271. The van der Waals surface area contributed by atoms with Gasteiger partial charge in [-0.1, -0.05) is 26.8 Å². The van der Waals surface area contributed by atoms with Crippen LogP contribution >= 0.6 is 0 Å². The Morgan fingerprint density at radius 2 is 1.76 bits per heavy atom. The number of rotatable bonds is 2. The lowest BCUT2D eigenvalue weighted by atomic mass is 9.87. The van der Waals surface area contributed by atoms with Crippen molar-refractivity contribution < 1.29 is 17.8 Å². The van der Waals surface area contributed by atoms with E-state index < -0.39 is 11.6 Å². The first-order valence-electron chi connectivity index (χ1n) is 11.1. The summed E-state index contributed by atoms with van der Waals surface area (Å²) in [7, 11) is 1.95. The summed E-state index contributed by atoms with van der Waals surface area (Å²) in [5.41, 5.74) is 6.92. The SMILES string of the molecule is Cc1cc2c(oc3cc(F)cc(F)c32)c(-c2c3ccc(CC(C)(C)C)cc3nc[n+]2C)c1C. The van der Waals surface area contributed by atoms with Gasteiger partial charge >= 0.3 is 0 Å². The molecule has 3 aromatic carbocycles. The zero-order valence-electron chi connectivity index (χ0n) is 19.8. The molecule has 0 aliphatic rings. The summed E-state index contributed by atoms with van der Waals surface area (Å²) in [6.45, 7) is 10.7. The van der Waals surface area contributed by atoms with E-state index in [1.54, 1.807) is 6.33 Å². The number of aryl methyl sites for hydroxylation is 2. The van der Waals surface area contributed by atoms with E-state index in [1.165, 1.54) is 11.6 Å². The number of furan rings is 1. The number of halogens is 2. The summed E-state index contributed by atoms with van der Waals surface area (Å²) >= 11 is 0. The van der Waals surface area contributed by atoms with Crippen molar-refractivity contribution in [1.82, 2.24) is 4.98 Å². The molecule has 3 nitrogen and oxygen atoms in total. The van der Waals surface area contributed by atoms with Gasteiger partial charge in [0.25, 0.3) is 6.33 Å². The van der Waals surface area contributed by atoms with Crippen LogP contribution in [0.5, 0.6) is 0 Å². The fourth-order valence-corrected chi connectivity index (χ4v) is 4.79. The van der Waals surface area contributed by atoms with Crippen molar-refractivity contribution >= 4 is 32.8 Å². The molecule has 33 heavy (non-hydrogen) atoms. The molecule has 0 radical (unpaired) electrons. The van der Waals surface area contributed by atoms with Crippen molar-refractivity contribution in [3.8, 4) is 11.3 Å². The summed E-state index contributed by atoms with van der Waals surface area (Å²) in [5, 5.41) is 1.94. The smallest absolute Gasteiger partial charge is 0.287 e. The topological polar surface area (TPSA) is 29.9 Å². The number of hydrogen-bond acceptors (Lipinski definition) is 2. The maximum absolute atomic E-state index is 14.8. The fraction of sp³-hybridized carbons (Fsp3) is 0.286. The largest absolute Gasteiger partial charge is 0.455 e. The van der Waals surface area contributed by atoms with Crippen LogP contribution in [0.3, 0.4) is 0 Å². The number of benzene rings is 3. The predicted octanol–water partition coefficient (Wildman–Crippen LogP) is 7.11. The highest BCUT2D eigenvalue weighted by Crippen LogP contribution is 2.41. The summed E-state index contributed by atoms with van der Waals surface area (Å²) < 4.78 is 36.8. The molecular weight excluding hydrogens is 418 g/mol. The molecule has 0 amide bonds. The molecule has 0 aliphatic heterocycles. The molecule has 0 saturated heterocycles. The summed E-state index contributed by atoms with van der Waals surface area (Å²) in [4.78, 5) is 4.68. The molecule has 2 heterocycles. The maximum Gasteiger partial charge on any atom is 0.287 e. The highest BCUT2D eigenvalue weighted by molar-refractivity contribution is 6.12. The van der Waals surface area contributed by atoms with Crippen LogP contribution in [-0.2, 0) is 13.5 Å². The molecule has 0 N–H and O–H groups in total. The molecule has 2 aromatic heterocycles. The second-order valence-electron chi connectivity index (χ2n) is 10.2. The minimum absolute atomic E-state index is 0.170. The molecule has 5 rings (SSSR count). The van der Waals surface area contributed by atoms with Crippen LogP contribution < -0.4 is 4.57 Å². The van der Waals surface area contributed by atoms with E-state index in [2.05, 4.69) is 44.0 Å². The van der Waals surface area contributed by atoms with E-state index in [4.69, 9.17) is 4.42 Å². The normalized spacial score (nSPS) is 12.4. The Bertz CT molecular complexity index is 1580. The molecule has 0 atom stereocenters. The molecule has 0 saturated carbocycles. The van der Waals surface area contributed by atoms with Gasteiger partial charge in [0, 0.05) is 17.5 Å². The monoisotopic (exact) mass is 445 g/mol. The number of fused-ring (bicyclic) bond motifs is 4.